The van der Waals surface area contributed by atoms with Crippen molar-refractivity contribution >= 4 is 11.8 Å². The van der Waals surface area contributed by atoms with E-state index in [2.05, 4.69) is 6.92 Å². The van der Waals surface area contributed by atoms with E-state index >= 15 is 0 Å². The van der Waals surface area contributed by atoms with Crippen LogP contribution in [0.15, 0.2) is 24.3 Å². The number of carbonyl (C=O) groups excluding carboxylic acids is 2. The van der Waals surface area contributed by atoms with Crippen molar-refractivity contribution in [1.82, 2.24) is 5.06 Å². The number of amides is 2. The van der Waals surface area contributed by atoms with Crippen LogP contribution in [-0.4, -0.2) is 22.5 Å². The van der Waals surface area contributed by atoms with Gasteiger partial charge in [-0.15, -0.1) is 5.06 Å². The van der Waals surface area contributed by atoms with Crippen molar-refractivity contribution in [2.75, 3.05) is 0 Å². The molecule has 22 heavy (non-hydrogen) atoms. The van der Waals surface area contributed by atoms with E-state index in [4.69, 9.17) is 4.84 Å². The van der Waals surface area contributed by atoms with Gasteiger partial charge in [-0.05, 0) is 49.7 Å². The Morgan fingerprint density at radius 2 is 1.64 bits per heavy atom. The highest BCUT2D eigenvalue weighted by atomic mass is 16.7. The maximum atomic E-state index is 12.5. The van der Waals surface area contributed by atoms with Crippen molar-refractivity contribution in [3.63, 3.8) is 0 Å². The summed E-state index contributed by atoms with van der Waals surface area (Å²) in [5.74, 6) is 0.750. The van der Waals surface area contributed by atoms with Crippen LogP contribution in [0.25, 0.3) is 0 Å². The van der Waals surface area contributed by atoms with Gasteiger partial charge in [0.25, 0.3) is 11.8 Å². The summed E-state index contributed by atoms with van der Waals surface area (Å²) in [7, 11) is 0. The van der Waals surface area contributed by atoms with Crippen LogP contribution in [0.3, 0.4) is 0 Å². The molecule has 2 atom stereocenters. The SMILES string of the molecule is CCC1(ON2C(=O)c3ccccc3C2=O)CC2CCC(C2)C1. The van der Waals surface area contributed by atoms with Gasteiger partial charge in [0, 0.05) is 0 Å². The van der Waals surface area contributed by atoms with E-state index in [0.29, 0.717) is 23.0 Å². The molecule has 0 N–H and O–H groups in total. The second-order valence-corrected chi connectivity index (χ2v) is 7.03. The Bertz CT molecular complexity index is 592. The van der Waals surface area contributed by atoms with Gasteiger partial charge in [-0.3, -0.25) is 14.4 Å². The zero-order valence-corrected chi connectivity index (χ0v) is 12.9. The maximum absolute atomic E-state index is 12.5. The van der Waals surface area contributed by atoms with Crippen molar-refractivity contribution in [3.8, 4) is 0 Å². The molecule has 116 valence electrons. The van der Waals surface area contributed by atoms with Crippen LogP contribution in [-0.2, 0) is 4.84 Å². The van der Waals surface area contributed by atoms with Gasteiger partial charge in [0.1, 0.15) is 0 Å². The van der Waals surface area contributed by atoms with E-state index in [9.17, 15) is 9.59 Å². The number of rotatable bonds is 3. The van der Waals surface area contributed by atoms with Crippen LogP contribution in [0, 0.1) is 11.8 Å². The predicted octanol–water partition coefficient (Wildman–Crippen LogP) is 3.57. The summed E-state index contributed by atoms with van der Waals surface area (Å²) in [5.41, 5.74) is 0.562. The predicted molar refractivity (Wildman–Crippen MR) is 81.1 cm³/mol. The molecule has 2 amide bonds. The highest BCUT2D eigenvalue weighted by Gasteiger charge is 2.48. The first kappa shape index (κ1) is 13.9. The molecule has 0 aromatic heterocycles. The number of benzene rings is 1. The Morgan fingerprint density at radius 3 is 2.14 bits per heavy atom. The molecule has 1 aliphatic heterocycles. The molecule has 0 spiro atoms. The third-order valence-corrected chi connectivity index (χ3v) is 5.66. The molecule has 0 saturated heterocycles. The fourth-order valence-electron chi connectivity index (χ4n) is 4.56. The lowest BCUT2D eigenvalue weighted by molar-refractivity contribution is -0.209. The van der Waals surface area contributed by atoms with Gasteiger partial charge in [-0.2, -0.15) is 0 Å². The van der Waals surface area contributed by atoms with Crippen LogP contribution >= 0.6 is 0 Å². The number of fused-ring (bicyclic) bond motifs is 3. The summed E-state index contributed by atoms with van der Waals surface area (Å²) >= 11 is 0. The zero-order chi connectivity index (χ0) is 15.3. The normalized spacial score (nSPS) is 33.4. The molecule has 2 fully saturated rings. The highest BCUT2D eigenvalue weighted by molar-refractivity contribution is 6.20. The smallest absolute Gasteiger partial charge is 0.266 e. The Balaban J connectivity index is 1.61. The fourth-order valence-corrected chi connectivity index (χ4v) is 4.56. The maximum Gasteiger partial charge on any atom is 0.285 e. The molecule has 1 aromatic carbocycles. The third kappa shape index (κ3) is 2.01. The van der Waals surface area contributed by atoms with Crippen LogP contribution in [0.1, 0.15) is 66.2 Å². The average Bonchev–Trinajstić information content (AvgIpc) is 3.00. The van der Waals surface area contributed by atoms with Gasteiger partial charge in [0.15, 0.2) is 0 Å². The summed E-state index contributed by atoms with van der Waals surface area (Å²) in [6, 6.07) is 6.96. The lowest BCUT2D eigenvalue weighted by Crippen LogP contribution is -2.46. The molecule has 1 heterocycles. The van der Waals surface area contributed by atoms with Crippen molar-refractivity contribution in [2.45, 2.75) is 51.0 Å². The largest absolute Gasteiger partial charge is 0.285 e. The van der Waals surface area contributed by atoms with Crippen LogP contribution in [0.5, 0.6) is 0 Å². The lowest BCUT2D eigenvalue weighted by atomic mass is 9.76. The minimum atomic E-state index is -0.350. The summed E-state index contributed by atoms with van der Waals surface area (Å²) in [4.78, 5) is 31.1. The van der Waals surface area contributed by atoms with Gasteiger partial charge >= 0.3 is 0 Å². The Kier molecular flexibility index (Phi) is 3.12. The van der Waals surface area contributed by atoms with Gasteiger partial charge in [-0.25, -0.2) is 0 Å². The van der Waals surface area contributed by atoms with Crippen molar-refractivity contribution in [1.29, 1.82) is 0 Å². The van der Waals surface area contributed by atoms with E-state index in [1.54, 1.807) is 24.3 Å². The lowest BCUT2D eigenvalue weighted by Gasteiger charge is -2.40. The molecular formula is C18H21NO3. The van der Waals surface area contributed by atoms with E-state index in [1.807, 2.05) is 0 Å². The Morgan fingerprint density at radius 1 is 1.09 bits per heavy atom. The van der Waals surface area contributed by atoms with Crippen LogP contribution in [0.2, 0.25) is 0 Å². The monoisotopic (exact) mass is 299 g/mol. The molecule has 0 radical (unpaired) electrons. The molecule has 1 aromatic rings. The first-order chi connectivity index (χ1) is 10.6. The van der Waals surface area contributed by atoms with Crippen molar-refractivity contribution in [2.24, 2.45) is 11.8 Å². The van der Waals surface area contributed by atoms with Crippen LogP contribution in [0.4, 0.5) is 0 Å². The number of hydrogen-bond donors (Lipinski definition) is 0. The number of carbonyl (C=O) groups is 2. The second-order valence-electron chi connectivity index (χ2n) is 7.03. The quantitative estimate of drug-likeness (QED) is 0.802. The standard InChI is InChI=1S/C18H21NO3/c1-2-18(10-12-7-8-13(9-12)11-18)22-19-16(20)14-5-3-4-6-15(14)17(19)21/h3-6,12-13H,2,7-11H2,1H3. The van der Waals surface area contributed by atoms with Gasteiger partial charge in [-0.1, -0.05) is 31.9 Å². The molecule has 4 heteroatoms. The van der Waals surface area contributed by atoms with Gasteiger partial charge in [0.05, 0.1) is 16.7 Å². The minimum Gasteiger partial charge on any atom is -0.266 e. The topological polar surface area (TPSA) is 46.6 Å². The third-order valence-electron chi connectivity index (χ3n) is 5.66. The molecule has 2 saturated carbocycles. The first-order valence-corrected chi connectivity index (χ1v) is 8.29. The molecule has 2 bridgehead atoms. The number of imide groups is 1. The number of hydrogen-bond acceptors (Lipinski definition) is 3. The summed E-state index contributed by atoms with van der Waals surface area (Å²) in [5, 5.41) is 1.03. The summed E-state index contributed by atoms with van der Waals surface area (Å²) in [6.07, 6.45) is 6.58. The molecular weight excluding hydrogens is 278 g/mol. The molecule has 2 unspecified atom stereocenters. The molecule has 4 nitrogen and oxygen atoms in total. The van der Waals surface area contributed by atoms with Crippen molar-refractivity contribution < 1.29 is 14.4 Å². The summed E-state index contributed by atoms with van der Waals surface area (Å²) in [6.45, 7) is 2.10. The number of nitrogens with zero attached hydrogens (tertiary/aromatic N) is 1. The van der Waals surface area contributed by atoms with Gasteiger partial charge < -0.3 is 0 Å². The van der Waals surface area contributed by atoms with Crippen LogP contribution < -0.4 is 0 Å². The average molecular weight is 299 g/mol. The molecule has 2 aliphatic carbocycles. The van der Waals surface area contributed by atoms with E-state index in [1.165, 1.54) is 19.3 Å². The highest BCUT2D eigenvalue weighted by Crippen LogP contribution is 2.50. The second kappa shape index (κ2) is 4.92. The van der Waals surface area contributed by atoms with E-state index < -0.39 is 0 Å². The number of hydroxylamine groups is 2. The van der Waals surface area contributed by atoms with E-state index in [-0.39, 0.29) is 17.4 Å². The summed E-state index contributed by atoms with van der Waals surface area (Å²) < 4.78 is 0. The minimum absolute atomic E-state index is 0.314. The fraction of sp³-hybridized carbons (Fsp3) is 0.556. The van der Waals surface area contributed by atoms with E-state index in [0.717, 1.165) is 24.3 Å². The zero-order valence-electron chi connectivity index (χ0n) is 12.9. The first-order valence-electron chi connectivity index (χ1n) is 8.29. The Labute approximate surface area is 130 Å². The van der Waals surface area contributed by atoms with Crippen molar-refractivity contribution in [3.05, 3.63) is 35.4 Å². The Hall–Kier alpha value is -1.68. The molecule has 3 aliphatic rings. The van der Waals surface area contributed by atoms with Gasteiger partial charge in [0.2, 0.25) is 0 Å². The molecule has 4 rings (SSSR count).